The summed E-state index contributed by atoms with van der Waals surface area (Å²) in [7, 11) is 0. The number of ether oxygens (including phenoxy) is 1. The molecule has 2 rings (SSSR count). The van der Waals surface area contributed by atoms with Crippen LogP contribution in [0.3, 0.4) is 0 Å². The highest BCUT2D eigenvalue weighted by Gasteiger charge is 2.02. The molecule has 0 unspecified atom stereocenters. The molecule has 0 amide bonds. The average molecular weight is 245 g/mol. The van der Waals surface area contributed by atoms with Crippen LogP contribution in [0, 0.1) is 0 Å². The molecule has 0 saturated carbocycles. The Morgan fingerprint density at radius 1 is 1.06 bits per heavy atom. The van der Waals surface area contributed by atoms with Gasteiger partial charge < -0.3 is 14.5 Å². The van der Waals surface area contributed by atoms with Crippen molar-refractivity contribution in [3.05, 3.63) is 59.5 Å². The summed E-state index contributed by atoms with van der Waals surface area (Å²) in [4.78, 5) is 0. The monoisotopic (exact) mass is 245 g/mol. The smallest absolute Gasteiger partial charge is 0.117 e. The van der Waals surface area contributed by atoms with E-state index in [0.29, 0.717) is 6.61 Å². The Kier molecular flexibility index (Phi) is 5.00. The van der Waals surface area contributed by atoms with Crippen LogP contribution in [-0.4, -0.2) is 6.61 Å². The van der Waals surface area contributed by atoms with Gasteiger partial charge in [-0.1, -0.05) is 24.3 Å². The van der Waals surface area contributed by atoms with Gasteiger partial charge in [0.25, 0.3) is 0 Å². The minimum Gasteiger partial charge on any atom is -0.468 e. The van der Waals surface area contributed by atoms with E-state index in [-0.39, 0.29) is 0 Å². The Hall–Kier alpha value is -1.58. The van der Waals surface area contributed by atoms with Crippen molar-refractivity contribution in [1.82, 2.24) is 5.32 Å². The van der Waals surface area contributed by atoms with Gasteiger partial charge in [-0.15, -0.1) is 0 Å². The molecule has 96 valence electrons. The molecule has 1 heterocycles. The van der Waals surface area contributed by atoms with E-state index in [9.17, 15) is 0 Å². The SMILES string of the molecule is CCOCc1ccccc1CNCc1ccco1. The number of rotatable bonds is 7. The fourth-order valence-corrected chi connectivity index (χ4v) is 1.82. The number of benzene rings is 1. The molecule has 0 atom stereocenters. The molecular weight excluding hydrogens is 226 g/mol. The van der Waals surface area contributed by atoms with Crippen molar-refractivity contribution in [2.75, 3.05) is 6.61 Å². The van der Waals surface area contributed by atoms with Crippen LogP contribution in [-0.2, 0) is 24.4 Å². The van der Waals surface area contributed by atoms with Gasteiger partial charge >= 0.3 is 0 Å². The van der Waals surface area contributed by atoms with Gasteiger partial charge in [-0.3, -0.25) is 0 Å². The van der Waals surface area contributed by atoms with Crippen LogP contribution < -0.4 is 5.32 Å². The van der Waals surface area contributed by atoms with Crippen molar-refractivity contribution in [2.24, 2.45) is 0 Å². The Bertz CT molecular complexity index is 451. The van der Waals surface area contributed by atoms with Gasteiger partial charge in [-0.05, 0) is 30.2 Å². The molecule has 1 N–H and O–H groups in total. The third-order valence-corrected chi connectivity index (χ3v) is 2.77. The fourth-order valence-electron chi connectivity index (χ4n) is 1.82. The quantitative estimate of drug-likeness (QED) is 0.814. The van der Waals surface area contributed by atoms with Crippen LogP contribution in [0.15, 0.2) is 47.1 Å². The predicted molar refractivity (Wildman–Crippen MR) is 71.0 cm³/mol. The topological polar surface area (TPSA) is 34.4 Å². The third kappa shape index (κ3) is 3.72. The van der Waals surface area contributed by atoms with E-state index in [1.807, 2.05) is 25.1 Å². The molecule has 0 aliphatic heterocycles. The Morgan fingerprint density at radius 3 is 2.61 bits per heavy atom. The largest absolute Gasteiger partial charge is 0.468 e. The standard InChI is InChI=1S/C15H19NO2/c1-2-17-12-14-7-4-3-6-13(14)10-16-11-15-8-5-9-18-15/h3-9,16H,2,10-12H2,1H3. The van der Waals surface area contributed by atoms with Crippen molar-refractivity contribution in [2.45, 2.75) is 26.6 Å². The minimum atomic E-state index is 0.676. The summed E-state index contributed by atoms with van der Waals surface area (Å²) < 4.78 is 10.7. The van der Waals surface area contributed by atoms with E-state index in [1.54, 1.807) is 6.26 Å². The summed E-state index contributed by atoms with van der Waals surface area (Å²) in [5.41, 5.74) is 2.52. The Labute approximate surface area is 108 Å². The molecule has 3 nitrogen and oxygen atoms in total. The zero-order valence-electron chi connectivity index (χ0n) is 10.7. The summed E-state index contributed by atoms with van der Waals surface area (Å²) in [6.07, 6.45) is 1.69. The molecule has 1 aromatic heterocycles. The second-order valence-corrected chi connectivity index (χ2v) is 4.09. The minimum absolute atomic E-state index is 0.676. The van der Waals surface area contributed by atoms with Crippen molar-refractivity contribution >= 4 is 0 Å². The van der Waals surface area contributed by atoms with Gasteiger partial charge in [0.15, 0.2) is 0 Å². The van der Waals surface area contributed by atoms with Crippen molar-refractivity contribution < 1.29 is 9.15 Å². The van der Waals surface area contributed by atoms with Crippen molar-refractivity contribution in [3.8, 4) is 0 Å². The Balaban J connectivity index is 1.87. The molecule has 0 bridgehead atoms. The lowest BCUT2D eigenvalue weighted by molar-refractivity contribution is 0.133. The van der Waals surface area contributed by atoms with Gasteiger partial charge in [0.1, 0.15) is 5.76 Å². The summed E-state index contributed by atoms with van der Waals surface area (Å²) in [5.74, 6) is 0.956. The maximum absolute atomic E-state index is 5.47. The molecule has 2 aromatic rings. The van der Waals surface area contributed by atoms with Crippen LogP contribution in [0.4, 0.5) is 0 Å². The van der Waals surface area contributed by atoms with E-state index in [2.05, 4.69) is 23.5 Å². The maximum atomic E-state index is 5.47. The van der Waals surface area contributed by atoms with Gasteiger partial charge in [0.05, 0.1) is 19.4 Å². The molecule has 0 spiro atoms. The first-order valence-corrected chi connectivity index (χ1v) is 6.27. The lowest BCUT2D eigenvalue weighted by Crippen LogP contribution is -2.13. The van der Waals surface area contributed by atoms with Crippen LogP contribution in [0.1, 0.15) is 23.8 Å². The van der Waals surface area contributed by atoms with E-state index in [1.165, 1.54) is 11.1 Å². The summed E-state index contributed by atoms with van der Waals surface area (Å²) in [6, 6.07) is 12.2. The number of hydrogen-bond acceptors (Lipinski definition) is 3. The highest BCUT2D eigenvalue weighted by atomic mass is 16.5. The summed E-state index contributed by atoms with van der Waals surface area (Å²) >= 11 is 0. The number of hydrogen-bond donors (Lipinski definition) is 1. The molecule has 18 heavy (non-hydrogen) atoms. The first-order valence-electron chi connectivity index (χ1n) is 6.27. The lowest BCUT2D eigenvalue weighted by Gasteiger charge is -2.10. The second kappa shape index (κ2) is 6.99. The van der Waals surface area contributed by atoms with Crippen LogP contribution >= 0.6 is 0 Å². The number of furan rings is 1. The second-order valence-electron chi connectivity index (χ2n) is 4.09. The first-order chi connectivity index (χ1) is 8.90. The summed E-state index contributed by atoms with van der Waals surface area (Å²) in [5, 5.41) is 3.37. The van der Waals surface area contributed by atoms with Gasteiger partial charge in [-0.2, -0.15) is 0 Å². The fraction of sp³-hybridized carbons (Fsp3) is 0.333. The summed E-state index contributed by atoms with van der Waals surface area (Å²) in [6.45, 7) is 5.00. The highest BCUT2D eigenvalue weighted by Crippen LogP contribution is 2.10. The van der Waals surface area contributed by atoms with E-state index < -0.39 is 0 Å². The van der Waals surface area contributed by atoms with Crippen LogP contribution in [0.2, 0.25) is 0 Å². The van der Waals surface area contributed by atoms with Crippen LogP contribution in [0.5, 0.6) is 0 Å². The highest BCUT2D eigenvalue weighted by molar-refractivity contribution is 5.26. The third-order valence-electron chi connectivity index (χ3n) is 2.77. The average Bonchev–Trinajstić information content (AvgIpc) is 2.91. The zero-order chi connectivity index (χ0) is 12.6. The Morgan fingerprint density at radius 2 is 1.89 bits per heavy atom. The molecule has 0 radical (unpaired) electrons. The van der Waals surface area contributed by atoms with Gasteiger partial charge in [-0.25, -0.2) is 0 Å². The molecule has 0 saturated heterocycles. The first kappa shape index (κ1) is 12.9. The van der Waals surface area contributed by atoms with E-state index in [4.69, 9.17) is 9.15 Å². The molecule has 0 aliphatic rings. The molecule has 3 heteroatoms. The molecular formula is C15H19NO2. The van der Waals surface area contributed by atoms with E-state index >= 15 is 0 Å². The van der Waals surface area contributed by atoms with E-state index in [0.717, 1.165) is 25.5 Å². The predicted octanol–water partition coefficient (Wildman–Crippen LogP) is 3.11. The zero-order valence-corrected chi connectivity index (χ0v) is 10.7. The van der Waals surface area contributed by atoms with Crippen LogP contribution in [0.25, 0.3) is 0 Å². The van der Waals surface area contributed by atoms with Crippen molar-refractivity contribution in [3.63, 3.8) is 0 Å². The molecule has 0 aliphatic carbocycles. The lowest BCUT2D eigenvalue weighted by atomic mass is 10.1. The number of nitrogens with one attached hydrogen (secondary N) is 1. The van der Waals surface area contributed by atoms with Crippen molar-refractivity contribution in [1.29, 1.82) is 0 Å². The maximum Gasteiger partial charge on any atom is 0.117 e. The van der Waals surface area contributed by atoms with Gasteiger partial charge in [0.2, 0.25) is 0 Å². The molecule has 1 aromatic carbocycles. The van der Waals surface area contributed by atoms with Gasteiger partial charge in [0, 0.05) is 13.2 Å². The molecule has 0 fully saturated rings. The normalized spacial score (nSPS) is 10.7.